The van der Waals surface area contributed by atoms with Crippen molar-refractivity contribution < 1.29 is 14.3 Å². The van der Waals surface area contributed by atoms with Crippen LogP contribution >= 0.6 is 0 Å². The van der Waals surface area contributed by atoms with Crippen molar-refractivity contribution in [1.82, 2.24) is 5.32 Å². The van der Waals surface area contributed by atoms with Gasteiger partial charge in [-0.05, 0) is 36.6 Å². The molecular formula is C18H22N2O3. The Morgan fingerprint density at radius 3 is 2.30 bits per heavy atom. The van der Waals surface area contributed by atoms with Crippen LogP contribution in [0.15, 0.2) is 23.8 Å². The van der Waals surface area contributed by atoms with Crippen molar-refractivity contribution in [2.75, 3.05) is 14.2 Å². The lowest BCUT2D eigenvalue weighted by atomic mass is 9.95. The third kappa shape index (κ3) is 4.75. The van der Waals surface area contributed by atoms with Crippen molar-refractivity contribution in [3.8, 4) is 17.6 Å². The van der Waals surface area contributed by atoms with Crippen molar-refractivity contribution in [3.05, 3.63) is 29.3 Å². The Morgan fingerprint density at radius 1 is 1.17 bits per heavy atom. The third-order valence-electron chi connectivity index (χ3n) is 3.99. The van der Waals surface area contributed by atoms with Gasteiger partial charge < -0.3 is 14.8 Å². The molecule has 1 aliphatic rings. The van der Waals surface area contributed by atoms with E-state index in [1.807, 2.05) is 6.07 Å². The summed E-state index contributed by atoms with van der Waals surface area (Å²) >= 11 is 0. The van der Waals surface area contributed by atoms with Crippen LogP contribution in [0.5, 0.6) is 11.5 Å². The van der Waals surface area contributed by atoms with Gasteiger partial charge in [0.1, 0.15) is 23.1 Å². The average Bonchev–Trinajstić information content (AvgIpc) is 2.60. The fourth-order valence-electron chi connectivity index (χ4n) is 2.74. The molecular weight excluding hydrogens is 292 g/mol. The highest BCUT2D eigenvalue weighted by Gasteiger charge is 2.18. The van der Waals surface area contributed by atoms with E-state index in [9.17, 15) is 10.1 Å². The fraction of sp³-hybridized carbons (Fsp3) is 0.444. The van der Waals surface area contributed by atoms with Crippen molar-refractivity contribution in [3.63, 3.8) is 0 Å². The molecule has 0 bridgehead atoms. The number of nitrogens with one attached hydrogen (secondary N) is 1. The van der Waals surface area contributed by atoms with E-state index in [2.05, 4.69) is 5.32 Å². The van der Waals surface area contributed by atoms with E-state index in [1.54, 1.807) is 38.5 Å². The molecule has 2 rings (SSSR count). The lowest BCUT2D eigenvalue weighted by Crippen LogP contribution is -2.36. The number of ether oxygens (including phenoxy) is 2. The summed E-state index contributed by atoms with van der Waals surface area (Å²) in [6.07, 6.45) is 7.00. The monoisotopic (exact) mass is 314 g/mol. The van der Waals surface area contributed by atoms with E-state index in [0.717, 1.165) is 25.7 Å². The molecule has 0 atom stereocenters. The molecule has 0 unspecified atom stereocenters. The van der Waals surface area contributed by atoms with Gasteiger partial charge in [0, 0.05) is 12.1 Å². The Morgan fingerprint density at radius 2 is 1.78 bits per heavy atom. The Hall–Kier alpha value is -2.48. The predicted octanol–water partition coefficient (Wildman–Crippen LogP) is 3.06. The molecule has 0 aliphatic heterocycles. The first kappa shape index (κ1) is 16.9. The minimum absolute atomic E-state index is 0.0888. The number of benzene rings is 1. The second-order valence-corrected chi connectivity index (χ2v) is 5.62. The number of nitrogens with zero attached hydrogens (tertiary/aromatic N) is 1. The second kappa shape index (κ2) is 8.23. The average molecular weight is 314 g/mol. The Balaban J connectivity index is 2.17. The van der Waals surface area contributed by atoms with Gasteiger partial charge in [0.25, 0.3) is 5.91 Å². The molecule has 1 aliphatic carbocycles. The van der Waals surface area contributed by atoms with Gasteiger partial charge in [0.2, 0.25) is 0 Å². The van der Waals surface area contributed by atoms with E-state index < -0.39 is 0 Å². The van der Waals surface area contributed by atoms with Crippen molar-refractivity contribution in [2.24, 2.45) is 0 Å². The van der Waals surface area contributed by atoms with Gasteiger partial charge in [0.05, 0.1) is 14.2 Å². The van der Waals surface area contributed by atoms with Gasteiger partial charge in [-0.1, -0.05) is 19.3 Å². The van der Waals surface area contributed by atoms with Gasteiger partial charge >= 0.3 is 0 Å². The van der Waals surface area contributed by atoms with Crippen molar-refractivity contribution >= 4 is 12.0 Å². The normalized spacial score (nSPS) is 15.6. The van der Waals surface area contributed by atoms with Crippen molar-refractivity contribution in [1.29, 1.82) is 5.26 Å². The number of methoxy groups -OCH3 is 2. The molecule has 1 aromatic rings. The lowest BCUT2D eigenvalue weighted by molar-refractivity contribution is -0.117. The highest BCUT2D eigenvalue weighted by atomic mass is 16.5. The molecule has 1 saturated carbocycles. The summed E-state index contributed by atoms with van der Waals surface area (Å²) in [5.74, 6) is 0.905. The van der Waals surface area contributed by atoms with E-state index in [1.165, 1.54) is 6.42 Å². The number of rotatable bonds is 5. The molecule has 0 saturated heterocycles. The Labute approximate surface area is 136 Å². The van der Waals surface area contributed by atoms with Gasteiger partial charge in [-0.3, -0.25) is 4.79 Å². The molecule has 5 heteroatoms. The summed E-state index contributed by atoms with van der Waals surface area (Å²) in [4.78, 5) is 12.3. The smallest absolute Gasteiger partial charge is 0.262 e. The molecule has 5 nitrogen and oxygen atoms in total. The molecule has 23 heavy (non-hydrogen) atoms. The molecule has 1 N–H and O–H groups in total. The molecule has 0 aromatic heterocycles. The zero-order chi connectivity index (χ0) is 16.7. The van der Waals surface area contributed by atoms with Crippen LogP contribution < -0.4 is 14.8 Å². The second-order valence-electron chi connectivity index (χ2n) is 5.62. The summed E-state index contributed by atoms with van der Waals surface area (Å²) in [6, 6.07) is 7.41. The van der Waals surface area contributed by atoms with Crippen LogP contribution in [0.4, 0.5) is 0 Å². The molecule has 0 radical (unpaired) electrons. The van der Waals surface area contributed by atoms with Crippen LogP contribution in [0.1, 0.15) is 37.7 Å². The summed E-state index contributed by atoms with van der Waals surface area (Å²) in [5, 5.41) is 12.3. The van der Waals surface area contributed by atoms with Gasteiger partial charge in [-0.25, -0.2) is 0 Å². The number of hydrogen-bond donors (Lipinski definition) is 1. The topological polar surface area (TPSA) is 71.3 Å². The summed E-state index contributed by atoms with van der Waals surface area (Å²) in [7, 11) is 3.12. The number of carbonyl (C=O) groups excluding carboxylic acids is 1. The largest absolute Gasteiger partial charge is 0.497 e. The number of nitriles is 1. The Kier molecular flexibility index (Phi) is 6.04. The van der Waals surface area contributed by atoms with E-state index >= 15 is 0 Å². The number of hydrogen-bond acceptors (Lipinski definition) is 4. The van der Waals surface area contributed by atoms with Crippen LogP contribution in [0, 0.1) is 11.3 Å². The minimum Gasteiger partial charge on any atom is -0.497 e. The maximum Gasteiger partial charge on any atom is 0.262 e. The number of carbonyl (C=O) groups is 1. The molecule has 1 fully saturated rings. The first-order chi connectivity index (χ1) is 11.2. The van der Waals surface area contributed by atoms with Crippen LogP contribution in [0.2, 0.25) is 0 Å². The van der Waals surface area contributed by atoms with Gasteiger partial charge in [-0.2, -0.15) is 5.26 Å². The van der Waals surface area contributed by atoms with Crippen LogP contribution in [0.3, 0.4) is 0 Å². The quantitative estimate of drug-likeness (QED) is 0.670. The van der Waals surface area contributed by atoms with E-state index in [0.29, 0.717) is 17.1 Å². The molecule has 0 heterocycles. The SMILES string of the molecule is COc1cc(/C=C(\C#N)C(=O)NC2CCCCC2)cc(OC)c1. The van der Waals surface area contributed by atoms with Crippen molar-refractivity contribution in [2.45, 2.75) is 38.1 Å². The zero-order valence-electron chi connectivity index (χ0n) is 13.6. The van der Waals surface area contributed by atoms with Gasteiger partial charge in [-0.15, -0.1) is 0 Å². The molecule has 1 amide bonds. The zero-order valence-corrected chi connectivity index (χ0v) is 13.6. The highest BCUT2D eigenvalue weighted by molar-refractivity contribution is 6.01. The summed E-state index contributed by atoms with van der Waals surface area (Å²) < 4.78 is 10.4. The summed E-state index contributed by atoms with van der Waals surface area (Å²) in [6.45, 7) is 0. The van der Waals surface area contributed by atoms with Gasteiger partial charge in [0.15, 0.2) is 0 Å². The first-order valence-electron chi connectivity index (χ1n) is 7.82. The highest BCUT2D eigenvalue weighted by Crippen LogP contribution is 2.24. The van der Waals surface area contributed by atoms with E-state index in [-0.39, 0.29) is 17.5 Å². The van der Waals surface area contributed by atoms with Crippen LogP contribution in [-0.4, -0.2) is 26.2 Å². The molecule has 122 valence electrons. The summed E-state index contributed by atoms with van der Waals surface area (Å²) in [5.41, 5.74) is 0.780. The lowest BCUT2D eigenvalue weighted by Gasteiger charge is -2.22. The first-order valence-corrected chi connectivity index (χ1v) is 7.82. The minimum atomic E-state index is -0.318. The number of amides is 1. The standard InChI is InChI=1S/C18H22N2O3/c1-22-16-9-13(10-17(11-16)23-2)8-14(12-19)18(21)20-15-6-4-3-5-7-15/h8-11,15H,3-7H2,1-2H3,(H,20,21)/b14-8+. The molecule has 1 aromatic carbocycles. The maximum atomic E-state index is 12.3. The van der Waals surface area contributed by atoms with E-state index in [4.69, 9.17) is 9.47 Å². The maximum absolute atomic E-state index is 12.3. The van der Waals surface area contributed by atoms with Crippen LogP contribution in [0.25, 0.3) is 6.08 Å². The fourth-order valence-corrected chi connectivity index (χ4v) is 2.74. The van der Waals surface area contributed by atoms with Crippen LogP contribution in [-0.2, 0) is 4.79 Å². The Bertz CT molecular complexity index is 603. The third-order valence-corrected chi connectivity index (χ3v) is 3.99. The molecule has 0 spiro atoms. The predicted molar refractivity (Wildman–Crippen MR) is 88.2 cm³/mol.